The summed E-state index contributed by atoms with van der Waals surface area (Å²) < 4.78 is 19.9. The number of hydrogen-bond donors (Lipinski definition) is 4. The molecule has 1 heterocycles. The van der Waals surface area contributed by atoms with E-state index in [0.29, 0.717) is 44.0 Å². The maximum absolute atomic E-state index is 14.6. The number of carbonyl (C=O) groups is 1. The summed E-state index contributed by atoms with van der Waals surface area (Å²) in [7, 11) is 0. The molecule has 0 aromatic heterocycles. The molecular weight excluding hydrogens is 664 g/mol. The number of benzene rings is 1. The van der Waals surface area contributed by atoms with Gasteiger partial charge in [0.15, 0.2) is 0 Å². The number of aliphatic hydroxyl groups excluding tert-OH is 3. The third-order valence-electron chi connectivity index (χ3n) is 11.6. The van der Waals surface area contributed by atoms with Crippen LogP contribution in [0.25, 0.3) is 0 Å². The summed E-state index contributed by atoms with van der Waals surface area (Å²) in [5.41, 5.74) is 2.60. The number of ether oxygens (including phenoxy) is 3. The van der Waals surface area contributed by atoms with Gasteiger partial charge in [0.2, 0.25) is 11.7 Å². The molecule has 6 atom stereocenters. The van der Waals surface area contributed by atoms with Crippen molar-refractivity contribution in [3.8, 4) is 11.5 Å². The van der Waals surface area contributed by atoms with E-state index in [1.807, 2.05) is 11.8 Å². The van der Waals surface area contributed by atoms with E-state index in [4.69, 9.17) is 24.2 Å². The Hall–Kier alpha value is -2.96. The Labute approximate surface area is 309 Å². The van der Waals surface area contributed by atoms with Crippen LogP contribution in [-0.2, 0) is 19.1 Å². The number of nitrogens with zero attached hydrogens (tertiary/aromatic N) is 2. The number of allylic oxidation sites excluding steroid dienone is 1. The van der Waals surface area contributed by atoms with Crippen LogP contribution < -0.4 is 4.74 Å². The fourth-order valence-corrected chi connectivity index (χ4v) is 9.35. The van der Waals surface area contributed by atoms with Crippen molar-refractivity contribution in [1.82, 2.24) is 4.90 Å². The lowest BCUT2D eigenvalue weighted by atomic mass is 9.55. The summed E-state index contributed by atoms with van der Waals surface area (Å²) in [6, 6.07) is 4.63. The van der Waals surface area contributed by atoms with Gasteiger partial charge < -0.3 is 44.4 Å². The molecule has 5 rings (SSSR count). The van der Waals surface area contributed by atoms with Gasteiger partial charge in [-0.2, -0.15) is 0 Å². The highest BCUT2D eigenvalue weighted by atomic mass is 16.7. The number of oxime groups is 1. The quantitative estimate of drug-likeness (QED) is 0.0656. The molecule has 2 saturated carbocycles. The van der Waals surface area contributed by atoms with Gasteiger partial charge >= 0.3 is 0 Å². The first kappa shape index (κ1) is 40.2. The lowest BCUT2D eigenvalue weighted by Crippen LogP contribution is -2.70. The van der Waals surface area contributed by atoms with Crippen LogP contribution in [0.15, 0.2) is 47.7 Å². The van der Waals surface area contributed by atoms with E-state index in [0.717, 1.165) is 61.8 Å². The zero-order chi connectivity index (χ0) is 36.9. The van der Waals surface area contributed by atoms with Gasteiger partial charge in [0.1, 0.15) is 24.1 Å². The van der Waals surface area contributed by atoms with Crippen molar-refractivity contribution in [1.29, 1.82) is 0 Å². The van der Waals surface area contributed by atoms with Gasteiger partial charge in [0, 0.05) is 44.1 Å². The molecule has 1 aromatic carbocycles. The topological polar surface area (TPSA) is 151 Å². The minimum absolute atomic E-state index is 0.00287. The van der Waals surface area contributed by atoms with E-state index in [1.54, 1.807) is 24.3 Å². The van der Waals surface area contributed by atoms with Crippen molar-refractivity contribution < 1.29 is 44.3 Å². The molecule has 2 fully saturated rings. The third-order valence-corrected chi connectivity index (χ3v) is 11.6. The van der Waals surface area contributed by atoms with E-state index in [1.165, 1.54) is 12.8 Å². The summed E-state index contributed by atoms with van der Waals surface area (Å²) in [6.45, 7) is 7.24. The summed E-state index contributed by atoms with van der Waals surface area (Å²) in [6.07, 6.45) is 15.0. The van der Waals surface area contributed by atoms with Crippen molar-refractivity contribution in [3.05, 3.63) is 48.1 Å². The van der Waals surface area contributed by atoms with E-state index in [9.17, 15) is 25.2 Å². The van der Waals surface area contributed by atoms with Crippen molar-refractivity contribution in [3.63, 3.8) is 0 Å². The zero-order valence-electron chi connectivity index (χ0n) is 31.1. The average molecular weight is 727 g/mol. The van der Waals surface area contributed by atoms with Crippen LogP contribution in [0, 0.1) is 23.7 Å². The minimum Gasteiger partial charge on any atom is -0.508 e. The molecule has 4 aliphatic rings. The predicted octanol–water partition coefficient (Wildman–Crippen LogP) is 5.85. The molecule has 0 bridgehead atoms. The molecule has 0 spiro atoms. The first-order chi connectivity index (χ1) is 25.4. The van der Waals surface area contributed by atoms with Crippen LogP contribution in [0.1, 0.15) is 102 Å². The number of hydrogen-bond acceptors (Lipinski definition) is 10. The first-order valence-electron chi connectivity index (χ1n) is 19.8. The van der Waals surface area contributed by atoms with Gasteiger partial charge in [0.25, 0.3) is 0 Å². The van der Waals surface area contributed by atoms with Gasteiger partial charge in [-0.3, -0.25) is 4.79 Å². The van der Waals surface area contributed by atoms with Gasteiger partial charge in [-0.15, -0.1) is 6.58 Å². The summed E-state index contributed by atoms with van der Waals surface area (Å²) in [5, 5.41) is 44.6. The number of unbranched alkanes of at least 4 members (excludes halogenated alkanes) is 2. The van der Waals surface area contributed by atoms with Crippen molar-refractivity contribution in [2.45, 2.75) is 108 Å². The van der Waals surface area contributed by atoms with Crippen LogP contribution in [-0.4, -0.2) is 102 Å². The number of aromatic hydroxyl groups is 1. The normalized spacial score (nSPS) is 27.4. The second kappa shape index (κ2) is 19.9. The molecular formula is C41H62N2O9. The SMILES string of the molecule is C=CCO[C@@]12Oc3ccc(O)cc3[C@H]3[C@H](CCCCO)[C@@H](CCCCO)C=C(C(=NOCC)C[C@@H]1N(CCOCCO)C(=O)CCC1CCCC1)[C@H]32. The summed E-state index contributed by atoms with van der Waals surface area (Å²) in [4.78, 5) is 22.3. The molecule has 1 aromatic rings. The molecule has 0 unspecified atom stereocenters. The fourth-order valence-electron chi connectivity index (χ4n) is 9.35. The Kier molecular flexibility index (Phi) is 15.4. The average Bonchev–Trinajstić information content (AvgIpc) is 3.68. The smallest absolute Gasteiger partial charge is 0.239 e. The second-order valence-corrected chi connectivity index (χ2v) is 14.8. The second-order valence-electron chi connectivity index (χ2n) is 14.8. The van der Waals surface area contributed by atoms with Crippen molar-refractivity contribution >= 4 is 11.6 Å². The number of carbonyl (C=O) groups excluding carboxylic acids is 1. The number of rotatable bonds is 22. The van der Waals surface area contributed by atoms with Crippen molar-refractivity contribution in [2.75, 3.05) is 52.8 Å². The largest absolute Gasteiger partial charge is 0.508 e. The standard InChI is InChI=1S/C41H62N2O9/c1-3-23-50-41-37(43(19-24-49-25-22-46)38(48)18-15-29-11-5-6-12-29)28-35(42-51-4-2)33-26-30(13-7-9-20-44)32(14-8-10-21-45)39(40(33)41)34-27-31(47)16-17-36(34)52-41/h3,16-17,26-27,29-30,32,37,39-40,44-47H,1,4-15,18-25,28H2,2H3/t30-,32+,37-,39+,40+,41+/m0/s1. The van der Waals surface area contributed by atoms with E-state index in [2.05, 4.69) is 12.7 Å². The molecule has 0 saturated heterocycles. The maximum atomic E-state index is 14.6. The van der Waals surface area contributed by atoms with Gasteiger partial charge in [-0.25, -0.2) is 0 Å². The Bertz CT molecular complexity index is 1360. The minimum atomic E-state index is -1.34. The fraction of sp³-hybridized carbons (Fsp3) is 0.707. The molecule has 11 nitrogen and oxygen atoms in total. The molecule has 52 heavy (non-hydrogen) atoms. The van der Waals surface area contributed by atoms with Crippen LogP contribution in [0.4, 0.5) is 0 Å². The molecule has 11 heteroatoms. The number of phenols is 1. The van der Waals surface area contributed by atoms with Crippen LogP contribution in [0.2, 0.25) is 0 Å². The summed E-state index contributed by atoms with van der Waals surface area (Å²) >= 11 is 0. The van der Waals surface area contributed by atoms with Crippen LogP contribution in [0.5, 0.6) is 11.5 Å². The van der Waals surface area contributed by atoms with Crippen LogP contribution >= 0.6 is 0 Å². The molecule has 0 radical (unpaired) electrons. The summed E-state index contributed by atoms with van der Waals surface area (Å²) in [5.74, 6) is -0.457. The lowest BCUT2D eigenvalue weighted by molar-refractivity contribution is -0.258. The number of fused-ring (bicyclic) bond motifs is 2. The molecule has 1 aliphatic heterocycles. The monoisotopic (exact) mass is 726 g/mol. The highest BCUT2D eigenvalue weighted by molar-refractivity contribution is 6.03. The Morgan fingerprint density at radius 1 is 1.06 bits per heavy atom. The zero-order valence-corrected chi connectivity index (χ0v) is 31.1. The lowest BCUT2D eigenvalue weighted by Gasteiger charge is -2.60. The molecule has 1 amide bonds. The Morgan fingerprint density at radius 2 is 1.83 bits per heavy atom. The third kappa shape index (κ3) is 9.21. The first-order valence-corrected chi connectivity index (χ1v) is 19.8. The highest BCUT2D eigenvalue weighted by Gasteiger charge is 2.65. The molecule has 3 aliphatic carbocycles. The number of phenolic OH excluding ortho intramolecular Hbond substituents is 1. The van der Waals surface area contributed by atoms with E-state index < -0.39 is 17.7 Å². The van der Waals surface area contributed by atoms with Crippen LogP contribution in [0.3, 0.4) is 0 Å². The maximum Gasteiger partial charge on any atom is 0.239 e. The van der Waals surface area contributed by atoms with Gasteiger partial charge in [0.05, 0.1) is 38.1 Å². The number of amides is 1. The number of aliphatic hydroxyl groups is 3. The van der Waals surface area contributed by atoms with E-state index >= 15 is 0 Å². The Balaban J connectivity index is 1.69. The highest BCUT2D eigenvalue weighted by Crippen LogP contribution is 2.62. The van der Waals surface area contributed by atoms with Crippen molar-refractivity contribution in [2.24, 2.45) is 28.8 Å². The van der Waals surface area contributed by atoms with Gasteiger partial charge in [-0.05, 0) is 80.6 Å². The van der Waals surface area contributed by atoms with E-state index in [-0.39, 0.29) is 75.6 Å². The molecule has 4 N–H and O–H groups in total. The molecule has 290 valence electrons. The van der Waals surface area contributed by atoms with Gasteiger partial charge in [-0.1, -0.05) is 55.8 Å². The Morgan fingerprint density at radius 3 is 2.54 bits per heavy atom. The predicted molar refractivity (Wildman–Crippen MR) is 199 cm³/mol.